The highest BCUT2D eigenvalue weighted by Crippen LogP contribution is 2.23. The van der Waals surface area contributed by atoms with Crippen LogP contribution in [0.4, 0.5) is 5.13 Å². The van der Waals surface area contributed by atoms with Crippen LogP contribution in [0.5, 0.6) is 0 Å². The first-order chi connectivity index (χ1) is 11.5. The molecule has 1 aromatic carbocycles. The second-order valence-electron chi connectivity index (χ2n) is 4.69. The molecule has 0 saturated carbocycles. The monoisotopic (exact) mass is 362 g/mol. The summed E-state index contributed by atoms with van der Waals surface area (Å²) in [4.78, 5) is 28.3. The highest BCUT2D eigenvalue weighted by atomic mass is 35.5. The molecule has 0 unspecified atom stereocenters. The molecule has 0 bridgehead atoms. The van der Waals surface area contributed by atoms with Crippen LogP contribution in [0.3, 0.4) is 0 Å². The third-order valence-corrected chi connectivity index (χ3v) is 4.15. The first-order valence-corrected chi connectivity index (χ1v) is 8.19. The number of aryl methyl sites for hydroxylation is 1. The number of nitrogens with zero attached hydrogens (tertiary/aromatic N) is 1. The number of amides is 1. The summed E-state index contributed by atoms with van der Waals surface area (Å²) in [5, 5.41) is 3.59. The quantitative estimate of drug-likeness (QED) is 0.477. The number of nitrogens with one attached hydrogen (secondary N) is 1. The predicted octanol–water partition coefficient (Wildman–Crippen LogP) is 4.10. The topological polar surface area (TPSA) is 68.3 Å². The van der Waals surface area contributed by atoms with Crippen LogP contribution < -0.4 is 5.32 Å². The van der Waals surface area contributed by atoms with E-state index >= 15 is 0 Å². The fourth-order valence-electron chi connectivity index (χ4n) is 1.73. The van der Waals surface area contributed by atoms with Gasteiger partial charge in [-0.1, -0.05) is 47.7 Å². The van der Waals surface area contributed by atoms with Crippen LogP contribution >= 0.6 is 22.9 Å². The number of esters is 1. The van der Waals surface area contributed by atoms with Gasteiger partial charge in [0.25, 0.3) is 0 Å². The molecule has 0 radical (unpaired) electrons. The summed E-state index contributed by atoms with van der Waals surface area (Å²) in [6, 6.07) is 7.08. The number of aromatic nitrogens is 1. The minimum atomic E-state index is -0.484. The van der Waals surface area contributed by atoms with Crippen LogP contribution in [-0.2, 0) is 9.53 Å². The lowest BCUT2D eigenvalue weighted by Gasteiger charge is -1.98. The maximum atomic E-state index is 11.9. The molecular weight excluding hydrogens is 348 g/mol. The fourth-order valence-corrected chi connectivity index (χ4v) is 2.72. The van der Waals surface area contributed by atoms with Crippen molar-refractivity contribution in [1.29, 1.82) is 0 Å². The van der Waals surface area contributed by atoms with Gasteiger partial charge in [0, 0.05) is 11.1 Å². The van der Waals surface area contributed by atoms with Gasteiger partial charge in [-0.15, -0.1) is 0 Å². The summed E-state index contributed by atoms with van der Waals surface area (Å²) < 4.78 is 4.97. The Morgan fingerprint density at radius 3 is 2.75 bits per heavy atom. The van der Waals surface area contributed by atoms with Crippen molar-refractivity contribution in [3.8, 4) is 0 Å². The van der Waals surface area contributed by atoms with Crippen molar-refractivity contribution in [2.24, 2.45) is 0 Å². The molecule has 0 aliphatic carbocycles. The summed E-state index contributed by atoms with van der Waals surface area (Å²) in [5.41, 5.74) is 1.35. The van der Waals surface area contributed by atoms with Crippen LogP contribution in [0, 0.1) is 6.92 Å². The minimum absolute atomic E-state index is 0.127. The van der Waals surface area contributed by atoms with E-state index in [1.54, 1.807) is 37.3 Å². The van der Waals surface area contributed by atoms with Crippen molar-refractivity contribution in [2.75, 3.05) is 11.9 Å². The Hall–Kier alpha value is -2.44. The van der Waals surface area contributed by atoms with Gasteiger partial charge in [0.05, 0.1) is 5.69 Å². The Morgan fingerprint density at radius 2 is 2.08 bits per heavy atom. The molecule has 0 fully saturated rings. The fraction of sp³-hybridized carbons (Fsp3) is 0.118. The average molecular weight is 363 g/mol. The third kappa shape index (κ3) is 5.04. The number of rotatable bonds is 6. The Labute approximate surface area is 148 Å². The number of benzene rings is 1. The first-order valence-electron chi connectivity index (χ1n) is 6.99. The van der Waals surface area contributed by atoms with Crippen molar-refractivity contribution in [3.63, 3.8) is 0 Å². The SMILES string of the molecule is C=CCOC(=O)c1sc(NC(=O)C=Cc2ccc(Cl)cc2)nc1C. The Balaban J connectivity index is 2.00. The van der Waals surface area contributed by atoms with Crippen molar-refractivity contribution in [1.82, 2.24) is 4.98 Å². The summed E-state index contributed by atoms with van der Waals surface area (Å²) in [6.07, 6.45) is 4.53. The zero-order valence-electron chi connectivity index (χ0n) is 12.9. The molecule has 1 N–H and O–H groups in total. The molecular formula is C17H15ClN2O3S. The molecule has 0 saturated heterocycles. The van der Waals surface area contributed by atoms with E-state index in [1.165, 1.54) is 12.2 Å². The Bertz CT molecular complexity index is 782. The highest BCUT2D eigenvalue weighted by Gasteiger charge is 2.17. The van der Waals surface area contributed by atoms with Crippen LogP contribution in [0.15, 0.2) is 43.0 Å². The smallest absolute Gasteiger partial charge is 0.350 e. The van der Waals surface area contributed by atoms with Gasteiger partial charge < -0.3 is 4.74 Å². The van der Waals surface area contributed by atoms with E-state index in [1.807, 2.05) is 0 Å². The molecule has 5 nitrogen and oxygen atoms in total. The number of anilines is 1. The number of hydrogen-bond donors (Lipinski definition) is 1. The Morgan fingerprint density at radius 1 is 1.38 bits per heavy atom. The van der Waals surface area contributed by atoms with Gasteiger partial charge >= 0.3 is 5.97 Å². The Kier molecular flexibility index (Phi) is 6.28. The van der Waals surface area contributed by atoms with Crippen LogP contribution in [0.2, 0.25) is 5.02 Å². The highest BCUT2D eigenvalue weighted by molar-refractivity contribution is 7.17. The molecule has 1 heterocycles. The molecule has 124 valence electrons. The molecule has 0 aliphatic rings. The molecule has 7 heteroatoms. The summed E-state index contributed by atoms with van der Waals surface area (Å²) >= 11 is 6.87. The number of carbonyl (C=O) groups excluding carboxylic acids is 2. The lowest BCUT2D eigenvalue weighted by atomic mass is 10.2. The van der Waals surface area contributed by atoms with E-state index in [9.17, 15) is 9.59 Å². The lowest BCUT2D eigenvalue weighted by molar-refractivity contribution is -0.111. The largest absolute Gasteiger partial charge is 0.457 e. The summed E-state index contributed by atoms with van der Waals surface area (Å²) in [6.45, 7) is 5.29. The molecule has 2 rings (SSSR count). The van der Waals surface area contributed by atoms with Crippen LogP contribution in [-0.4, -0.2) is 23.5 Å². The van der Waals surface area contributed by atoms with E-state index < -0.39 is 5.97 Å². The number of thiazole rings is 1. The van der Waals surface area contributed by atoms with Gasteiger partial charge in [-0.2, -0.15) is 0 Å². The zero-order valence-corrected chi connectivity index (χ0v) is 14.5. The molecule has 1 amide bonds. The number of ether oxygens (including phenoxy) is 1. The van der Waals surface area contributed by atoms with Crippen molar-refractivity contribution >= 4 is 46.0 Å². The maximum absolute atomic E-state index is 11.9. The summed E-state index contributed by atoms with van der Waals surface area (Å²) in [7, 11) is 0. The van der Waals surface area contributed by atoms with Gasteiger partial charge in [-0.05, 0) is 30.7 Å². The average Bonchev–Trinajstić information content (AvgIpc) is 2.92. The van der Waals surface area contributed by atoms with Gasteiger partial charge in [-0.3, -0.25) is 10.1 Å². The normalized spacial score (nSPS) is 10.6. The van der Waals surface area contributed by atoms with Crippen molar-refractivity contribution in [2.45, 2.75) is 6.92 Å². The molecule has 0 aliphatic heterocycles. The molecule has 0 atom stereocenters. The summed E-state index contributed by atoms with van der Waals surface area (Å²) in [5.74, 6) is -0.827. The van der Waals surface area contributed by atoms with E-state index in [0.717, 1.165) is 16.9 Å². The third-order valence-electron chi connectivity index (χ3n) is 2.84. The van der Waals surface area contributed by atoms with Crippen LogP contribution in [0.1, 0.15) is 20.9 Å². The standard InChI is InChI=1S/C17H15ClN2O3S/c1-3-10-23-16(22)15-11(2)19-17(24-15)20-14(21)9-6-12-4-7-13(18)8-5-12/h3-9H,1,10H2,2H3,(H,19,20,21). The van der Waals surface area contributed by atoms with E-state index in [2.05, 4.69) is 16.9 Å². The van der Waals surface area contributed by atoms with Crippen LogP contribution in [0.25, 0.3) is 6.08 Å². The number of carbonyl (C=O) groups is 2. The van der Waals surface area contributed by atoms with Crippen molar-refractivity contribution < 1.29 is 14.3 Å². The molecule has 2 aromatic rings. The van der Waals surface area contributed by atoms with Gasteiger partial charge in [0.2, 0.25) is 5.91 Å². The van der Waals surface area contributed by atoms with Gasteiger partial charge in [-0.25, -0.2) is 9.78 Å². The van der Waals surface area contributed by atoms with Crippen molar-refractivity contribution in [3.05, 3.63) is 64.2 Å². The predicted molar refractivity (Wildman–Crippen MR) is 96.4 cm³/mol. The van der Waals surface area contributed by atoms with Gasteiger partial charge in [0.15, 0.2) is 5.13 Å². The molecule has 24 heavy (non-hydrogen) atoms. The van der Waals surface area contributed by atoms with Gasteiger partial charge in [0.1, 0.15) is 11.5 Å². The number of halogens is 1. The zero-order chi connectivity index (χ0) is 17.5. The molecule has 0 spiro atoms. The lowest BCUT2D eigenvalue weighted by Crippen LogP contribution is -2.07. The van der Waals surface area contributed by atoms with E-state index in [4.69, 9.17) is 16.3 Å². The molecule has 1 aromatic heterocycles. The second kappa shape index (κ2) is 8.42. The minimum Gasteiger partial charge on any atom is -0.457 e. The second-order valence-corrected chi connectivity index (χ2v) is 6.13. The number of hydrogen-bond acceptors (Lipinski definition) is 5. The maximum Gasteiger partial charge on any atom is 0.350 e. The van der Waals surface area contributed by atoms with E-state index in [-0.39, 0.29) is 12.5 Å². The van der Waals surface area contributed by atoms with E-state index in [0.29, 0.717) is 20.7 Å². The first kappa shape index (κ1) is 17.9.